The van der Waals surface area contributed by atoms with Gasteiger partial charge in [0.25, 0.3) is 0 Å². The molecule has 1 saturated heterocycles. The molecule has 0 bridgehead atoms. The Morgan fingerprint density at radius 3 is 2.55 bits per heavy atom. The van der Waals surface area contributed by atoms with Crippen LogP contribution in [0.1, 0.15) is 12.8 Å². The summed E-state index contributed by atoms with van der Waals surface area (Å²) in [5.74, 6) is 0. The van der Waals surface area contributed by atoms with Crippen molar-refractivity contribution < 1.29 is 0 Å². The minimum Gasteiger partial charge on any atom is -0.329 e. The van der Waals surface area contributed by atoms with Crippen molar-refractivity contribution in [2.75, 3.05) is 20.1 Å². The summed E-state index contributed by atoms with van der Waals surface area (Å²) in [6.07, 6.45) is 2.63. The van der Waals surface area contributed by atoms with Crippen LogP contribution in [0.15, 0.2) is 0 Å². The first-order chi connectivity index (χ1) is 5.26. The number of hydrogen-bond acceptors (Lipinski definition) is 4. The van der Waals surface area contributed by atoms with Crippen LogP contribution in [0, 0.1) is 5.41 Å². The Morgan fingerprint density at radius 1 is 1.82 bits per heavy atom. The Morgan fingerprint density at radius 2 is 2.36 bits per heavy atom. The lowest BCUT2D eigenvalue weighted by molar-refractivity contribution is 0.317. The summed E-state index contributed by atoms with van der Waals surface area (Å²) in [6.45, 7) is 2.07. The fourth-order valence-electron chi connectivity index (χ4n) is 1.28. The van der Waals surface area contributed by atoms with E-state index in [1.54, 1.807) is 5.16 Å². The molecule has 0 saturated carbocycles. The van der Waals surface area contributed by atoms with Crippen molar-refractivity contribution in [3.05, 3.63) is 0 Å². The van der Waals surface area contributed by atoms with Crippen molar-refractivity contribution in [2.24, 2.45) is 5.73 Å². The van der Waals surface area contributed by atoms with Gasteiger partial charge in [-0.2, -0.15) is 0 Å². The number of nitrogens with zero attached hydrogens (tertiary/aromatic N) is 1. The number of hydrogen-bond donors (Lipinski definition) is 2. The van der Waals surface area contributed by atoms with E-state index in [2.05, 4.69) is 24.2 Å². The minimum absolute atomic E-state index is 0.676. The average molecular weight is 173 g/mol. The maximum Gasteiger partial charge on any atom is 0.0554 e. The van der Waals surface area contributed by atoms with Crippen molar-refractivity contribution in [2.45, 2.75) is 18.9 Å². The Labute approximate surface area is 73.1 Å². The van der Waals surface area contributed by atoms with Crippen molar-refractivity contribution in [3.63, 3.8) is 0 Å². The second-order valence-corrected chi connectivity index (χ2v) is 2.82. The summed E-state index contributed by atoms with van der Waals surface area (Å²) >= 11 is 3.81. The van der Waals surface area contributed by atoms with Crippen molar-refractivity contribution in [1.29, 1.82) is 5.41 Å². The second-order valence-electron chi connectivity index (χ2n) is 2.61. The van der Waals surface area contributed by atoms with Gasteiger partial charge in [0.2, 0.25) is 0 Å². The zero-order valence-electron chi connectivity index (χ0n) is 6.84. The molecule has 64 valence electrons. The summed E-state index contributed by atoms with van der Waals surface area (Å²) in [5, 5.41) is 7.36. The van der Waals surface area contributed by atoms with Crippen LogP contribution in [-0.2, 0) is 0 Å². The molecule has 0 aromatic heterocycles. The zero-order valence-corrected chi connectivity index (χ0v) is 7.66. The molecule has 0 aromatic rings. The van der Waals surface area contributed by atoms with E-state index in [0.29, 0.717) is 6.04 Å². The van der Waals surface area contributed by atoms with E-state index in [1.807, 2.05) is 0 Å². The van der Waals surface area contributed by atoms with Gasteiger partial charge in [-0.05, 0) is 38.7 Å². The molecule has 1 aliphatic rings. The number of likely N-dealkylation sites (tertiary alicyclic amines) is 1. The first-order valence-electron chi connectivity index (χ1n) is 3.70. The Balaban J connectivity index is 0.000000292. The maximum absolute atomic E-state index is 5.77. The average Bonchev–Trinajstić information content (AvgIpc) is 2.36. The van der Waals surface area contributed by atoms with Gasteiger partial charge in [0.15, 0.2) is 0 Å². The topological polar surface area (TPSA) is 53.1 Å². The van der Waals surface area contributed by atoms with E-state index in [0.717, 1.165) is 6.54 Å². The van der Waals surface area contributed by atoms with Crippen molar-refractivity contribution in [1.82, 2.24) is 4.90 Å². The molecule has 1 aliphatic heterocycles. The lowest BCUT2D eigenvalue weighted by Gasteiger charge is -2.15. The molecule has 3 N–H and O–H groups in total. The number of thiocarbonyl (C=S) groups is 1. The summed E-state index contributed by atoms with van der Waals surface area (Å²) in [7, 11) is 2.14. The Hall–Kier alpha value is -0.280. The van der Waals surface area contributed by atoms with Gasteiger partial charge in [-0.1, -0.05) is 0 Å². The highest BCUT2D eigenvalue weighted by Gasteiger charge is 2.17. The molecule has 1 unspecified atom stereocenters. The predicted molar refractivity (Wildman–Crippen MR) is 50.0 cm³/mol. The molecule has 4 heteroatoms. The standard InChI is InChI=1S/C6H14N2.CHNS/c1-8-4-2-3-6(8)5-7;2-1-3/h6H,2-5,7H2,1H3;2H. The van der Waals surface area contributed by atoms with E-state index >= 15 is 0 Å². The van der Waals surface area contributed by atoms with Crippen LogP contribution in [-0.4, -0.2) is 36.2 Å². The molecule has 1 rings (SSSR count). The summed E-state index contributed by atoms with van der Waals surface area (Å²) < 4.78 is 0. The highest BCUT2D eigenvalue weighted by molar-refractivity contribution is 7.78. The molecule has 0 aliphatic carbocycles. The van der Waals surface area contributed by atoms with Gasteiger partial charge in [0, 0.05) is 12.6 Å². The van der Waals surface area contributed by atoms with E-state index in [9.17, 15) is 0 Å². The third-order valence-corrected chi connectivity index (χ3v) is 1.94. The largest absolute Gasteiger partial charge is 0.329 e. The SMILES string of the molecule is CN1CCCC1CN.N=C=S. The third-order valence-electron chi connectivity index (χ3n) is 1.94. The molecule has 0 amide bonds. The predicted octanol–water partition coefficient (Wildman–Crippen LogP) is 0.707. The summed E-state index contributed by atoms with van der Waals surface area (Å²) in [4.78, 5) is 2.33. The van der Waals surface area contributed by atoms with Crippen LogP contribution in [0.2, 0.25) is 0 Å². The molecule has 1 heterocycles. The molecule has 0 radical (unpaired) electrons. The molecule has 0 aromatic carbocycles. The first-order valence-corrected chi connectivity index (χ1v) is 4.11. The van der Waals surface area contributed by atoms with Crippen molar-refractivity contribution in [3.8, 4) is 0 Å². The molecule has 0 spiro atoms. The van der Waals surface area contributed by atoms with Gasteiger partial charge < -0.3 is 10.6 Å². The first kappa shape index (κ1) is 10.7. The highest BCUT2D eigenvalue weighted by Crippen LogP contribution is 2.12. The van der Waals surface area contributed by atoms with Gasteiger partial charge in [-0.25, -0.2) is 5.41 Å². The normalized spacial score (nSPS) is 23.6. The Bertz CT molecular complexity index is 132. The van der Waals surface area contributed by atoms with Crippen LogP contribution < -0.4 is 5.73 Å². The third kappa shape index (κ3) is 4.22. The van der Waals surface area contributed by atoms with Crippen molar-refractivity contribution >= 4 is 17.4 Å². The van der Waals surface area contributed by atoms with Crippen LogP contribution in [0.3, 0.4) is 0 Å². The monoisotopic (exact) mass is 173 g/mol. The highest BCUT2D eigenvalue weighted by atomic mass is 32.1. The maximum atomic E-state index is 5.77. The number of nitrogens with one attached hydrogen (secondary N) is 1. The van der Waals surface area contributed by atoms with Crippen LogP contribution in [0.25, 0.3) is 0 Å². The molecule has 11 heavy (non-hydrogen) atoms. The smallest absolute Gasteiger partial charge is 0.0554 e. The number of nitrogens with two attached hydrogens (primary N) is 1. The van der Waals surface area contributed by atoms with Gasteiger partial charge in [-0.3, -0.25) is 0 Å². The lowest BCUT2D eigenvalue weighted by Crippen LogP contribution is -2.31. The quantitative estimate of drug-likeness (QED) is 0.453. The van der Waals surface area contributed by atoms with E-state index in [4.69, 9.17) is 11.1 Å². The van der Waals surface area contributed by atoms with Crippen LogP contribution in [0.5, 0.6) is 0 Å². The van der Waals surface area contributed by atoms with E-state index in [1.165, 1.54) is 19.4 Å². The summed E-state index contributed by atoms with van der Waals surface area (Å²) in [5.41, 5.74) is 5.48. The second kappa shape index (κ2) is 6.43. The van der Waals surface area contributed by atoms with Crippen LogP contribution >= 0.6 is 12.2 Å². The fourth-order valence-corrected chi connectivity index (χ4v) is 1.28. The summed E-state index contributed by atoms with van der Waals surface area (Å²) in [6, 6.07) is 0.676. The number of isothiocyanates is 1. The molecule has 1 fully saturated rings. The molecule has 1 atom stereocenters. The Kier molecular flexibility index (Phi) is 6.27. The van der Waals surface area contributed by atoms with E-state index in [-0.39, 0.29) is 0 Å². The molecule has 3 nitrogen and oxygen atoms in total. The lowest BCUT2D eigenvalue weighted by atomic mass is 10.2. The van der Waals surface area contributed by atoms with E-state index < -0.39 is 0 Å². The van der Waals surface area contributed by atoms with Gasteiger partial charge in [0.1, 0.15) is 0 Å². The molecular formula is C7H15N3S. The van der Waals surface area contributed by atoms with Crippen LogP contribution in [0.4, 0.5) is 0 Å². The zero-order chi connectivity index (χ0) is 8.69. The number of likely N-dealkylation sites (N-methyl/N-ethyl adjacent to an activating group) is 1. The van der Waals surface area contributed by atoms with Gasteiger partial charge >= 0.3 is 0 Å². The molecular weight excluding hydrogens is 158 g/mol. The fraction of sp³-hybridized carbons (Fsp3) is 0.857. The minimum atomic E-state index is 0.676. The van der Waals surface area contributed by atoms with Gasteiger partial charge in [-0.15, -0.1) is 0 Å². The van der Waals surface area contributed by atoms with Gasteiger partial charge in [0.05, 0.1) is 5.16 Å². The number of rotatable bonds is 1.